The molecule has 0 saturated carbocycles. The molecule has 0 amide bonds. The molecule has 2 N–H and O–H groups in total. The largest absolute Gasteiger partial charge is 0.398 e. The SMILES string of the molecule is COCCCS(=O)Cc1ncc(C)c(N)c1C. The first-order chi connectivity index (χ1) is 8.06. The molecular weight excluding hydrogens is 236 g/mol. The van der Waals surface area contributed by atoms with Gasteiger partial charge in [0, 0.05) is 42.2 Å². The van der Waals surface area contributed by atoms with Gasteiger partial charge in [-0.15, -0.1) is 0 Å². The van der Waals surface area contributed by atoms with Crippen molar-refractivity contribution in [2.45, 2.75) is 26.0 Å². The highest BCUT2D eigenvalue weighted by Crippen LogP contribution is 2.19. The smallest absolute Gasteiger partial charge is 0.0662 e. The lowest BCUT2D eigenvalue weighted by atomic mass is 10.1. The standard InChI is InChI=1S/C12H20N2O2S/c1-9-7-14-11(10(2)12(9)13)8-17(15)6-4-5-16-3/h7H,4-6,8H2,1-3H3,(H2,13,14). The van der Waals surface area contributed by atoms with Crippen molar-refractivity contribution in [3.05, 3.63) is 23.0 Å². The van der Waals surface area contributed by atoms with Crippen LogP contribution in [0.25, 0.3) is 0 Å². The second-order valence-corrected chi connectivity index (χ2v) is 5.64. The van der Waals surface area contributed by atoms with E-state index in [0.717, 1.165) is 28.9 Å². The molecule has 0 spiro atoms. The zero-order chi connectivity index (χ0) is 12.8. The van der Waals surface area contributed by atoms with Gasteiger partial charge in [0.1, 0.15) is 0 Å². The molecule has 0 aromatic carbocycles. The maximum atomic E-state index is 11.8. The van der Waals surface area contributed by atoms with Crippen LogP contribution in [0.4, 0.5) is 5.69 Å². The second kappa shape index (κ2) is 6.71. The predicted octanol–water partition coefficient (Wildman–Crippen LogP) is 1.57. The van der Waals surface area contributed by atoms with Crippen LogP contribution >= 0.6 is 0 Å². The number of rotatable bonds is 6. The minimum Gasteiger partial charge on any atom is -0.398 e. The summed E-state index contributed by atoms with van der Waals surface area (Å²) in [4.78, 5) is 4.30. The molecule has 0 aliphatic carbocycles. The molecule has 5 heteroatoms. The zero-order valence-corrected chi connectivity index (χ0v) is 11.5. The molecule has 1 aromatic heterocycles. The number of aromatic nitrogens is 1. The molecule has 0 saturated heterocycles. The van der Waals surface area contributed by atoms with Gasteiger partial charge in [0.2, 0.25) is 0 Å². The maximum Gasteiger partial charge on any atom is 0.0662 e. The summed E-state index contributed by atoms with van der Waals surface area (Å²) in [5.41, 5.74) is 9.43. The van der Waals surface area contributed by atoms with Crippen molar-refractivity contribution >= 4 is 16.5 Å². The molecule has 0 aliphatic rings. The lowest BCUT2D eigenvalue weighted by molar-refractivity contribution is 0.200. The Balaban J connectivity index is 2.63. The number of anilines is 1. The summed E-state index contributed by atoms with van der Waals surface area (Å²) in [6.07, 6.45) is 2.55. The van der Waals surface area contributed by atoms with E-state index in [4.69, 9.17) is 10.5 Å². The van der Waals surface area contributed by atoms with Gasteiger partial charge in [0.15, 0.2) is 0 Å². The van der Waals surface area contributed by atoms with E-state index in [0.29, 0.717) is 18.1 Å². The predicted molar refractivity (Wildman–Crippen MR) is 71.3 cm³/mol. The lowest BCUT2D eigenvalue weighted by Gasteiger charge is -2.09. The van der Waals surface area contributed by atoms with Crippen molar-refractivity contribution in [3.8, 4) is 0 Å². The fourth-order valence-corrected chi connectivity index (χ4v) is 2.71. The summed E-state index contributed by atoms with van der Waals surface area (Å²) in [5.74, 6) is 1.11. The summed E-state index contributed by atoms with van der Waals surface area (Å²) in [5, 5.41) is 0. The molecule has 1 heterocycles. The number of hydrogen-bond acceptors (Lipinski definition) is 4. The summed E-state index contributed by atoms with van der Waals surface area (Å²) >= 11 is 0. The van der Waals surface area contributed by atoms with Crippen molar-refractivity contribution < 1.29 is 8.95 Å². The van der Waals surface area contributed by atoms with Gasteiger partial charge < -0.3 is 10.5 Å². The van der Waals surface area contributed by atoms with E-state index in [2.05, 4.69) is 4.98 Å². The van der Waals surface area contributed by atoms with Crippen LogP contribution in [0.15, 0.2) is 6.20 Å². The highest BCUT2D eigenvalue weighted by Gasteiger charge is 2.09. The molecule has 0 aliphatic heterocycles. The third-order valence-electron chi connectivity index (χ3n) is 2.69. The van der Waals surface area contributed by atoms with Crippen molar-refractivity contribution in [2.24, 2.45) is 0 Å². The highest BCUT2D eigenvalue weighted by molar-refractivity contribution is 7.84. The minimum atomic E-state index is -0.896. The fourth-order valence-electron chi connectivity index (χ4n) is 1.53. The van der Waals surface area contributed by atoms with Crippen LogP contribution < -0.4 is 5.73 Å². The molecule has 0 fully saturated rings. The van der Waals surface area contributed by atoms with Crippen LogP contribution in [-0.4, -0.2) is 28.7 Å². The number of aryl methyl sites for hydroxylation is 1. The molecule has 96 valence electrons. The Morgan fingerprint density at radius 1 is 1.47 bits per heavy atom. The molecule has 1 rings (SSSR count). The van der Waals surface area contributed by atoms with Gasteiger partial charge in [-0.05, 0) is 31.4 Å². The fraction of sp³-hybridized carbons (Fsp3) is 0.583. The summed E-state index contributed by atoms with van der Waals surface area (Å²) in [7, 11) is 0.752. The molecule has 1 aromatic rings. The summed E-state index contributed by atoms with van der Waals surface area (Å²) in [6.45, 7) is 4.50. The average Bonchev–Trinajstić information content (AvgIpc) is 2.30. The minimum absolute atomic E-state index is 0.472. The number of nitrogens with zero attached hydrogens (tertiary/aromatic N) is 1. The number of nitrogen functional groups attached to an aromatic ring is 1. The van der Waals surface area contributed by atoms with Crippen LogP contribution in [0.3, 0.4) is 0 Å². The number of methoxy groups -OCH3 is 1. The topological polar surface area (TPSA) is 65.2 Å². The van der Waals surface area contributed by atoms with E-state index < -0.39 is 10.8 Å². The van der Waals surface area contributed by atoms with Crippen molar-refractivity contribution in [1.82, 2.24) is 4.98 Å². The average molecular weight is 256 g/mol. The van der Waals surface area contributed by atoms with Crippen LogP contribution in [0.1, 0.15) is 23.2 Å². The first-order valence-corrected chi connectivity index (χ1v) is 7.09. The van der Waals surface area contributed by atoms with Gasteiger partial charge in [0.05, 0.1) is 11.4 Å². The molecule has 0 radical (unpaired) electrons. The Kier molecular flexibility index (Phi) is 5.58. The van der Waals surface area contributed by atoms with Crippen LogP contribution in [0.5, 0.6) is 0 Å². The van der Waals surface area contributed by atoms with Gasteiger partial charge in [0.25, 0.3) is 0 Å². The highest BCUT2D eigenvalue weighted by atomic mass is 32.2. The first kappa shape index (κ1) is 14.1. The zero-order valence-electron chi connectivity index (χ0n) is 10.7. The normalized spacial score (nSPS) is 12.6. The molecular formula is C12H20N2O2S. The number of hydrogen-bond donors (Lipinski definition) is 1. The van der Waals surface area contributed by atoms with Crippen LogP contribution in [0.2, 0.25) is 0 Å². The van der Waals surface area contributed by atoms with E-state index in [1.807, 2.05) is 13.8 Å². The quantitative estimate of drug-likeness (QED) is 0.785. The van der Waals surface area contributed by atoms with Gasteiger partial charge in [-0.1, -0.05) is 0 Å². The van der Waals surface area contributed by atoms with Gasteiger partial charge >= 0.3 is 0 Å². The Morgan fingerprint density at radius 2 is 2.18 bits per heavy atom. The third kappa shape index (κ3) is 4.09. The molecule has 4 nitrogen and oxygen atoms in total. The molecule has 17 heavy (non-hydrogen) atoms. The van der Waals surface area contributed by atoms with Crippen LogP contribution in [0, 0.1) is 13.8 Å². The van der Waals surface area contributed by atoms with E-state index >= 15 is 0 Å². The van der Waals surface area contributed by atoms with Crippen molar-refractivity contribution in [2.75, 3.05) is 25.2 Å². The Labute approximate surface area is 105 Å². The number of nitrogens with two attached hydrogens (primary N) is 1. The molecule has 0 bridgehead atoms. The van der Waals surface area contributed by atoms with E-state index in [1.165, 1.54) is 0 Å². The molecule has 1 unspecified atom stereocenters. The Morgan fingerprint density at radius 3 is 2.82 bits per heavy atom. The van der Waals surface area contributed by atoms with Gasteiger partial charge in [-0.25, -0.2) is 0 Å². The summed E-state index contributed by atoms with van der Waals surface area (Å²) in [6, 6.07) is 0. The number of pyridine rings is 1. The first-order valence-electron chi connectivity index (χ1n) is 5.60. The third-order valence-corrected chi connectivity index (χ3v) is 4.03. The maximum absolute atomic E-state index is 11.8. The Hall–Kier alpha value is -0.940. The number of ether oxygens (including phenoxy) is 1. The second-order valence-electron chi connectivity index (χ2n) is 4.06. The van der Waals surface area contributed by atoms with E-state index in [1.54, 1.807) is 13.3 Å². The van der Waals surface area contributed by atoms with Crippen molar-refractivity contribution in [3.63, 3.8) is 0 Å². The van der Waals surface area contributed by atoms with Gasteiger partial charge in [-0.3, -0.25) is 9.19 Å². The van der Waals surface area contributed by atoms with Crippen LogP contribution in [-0.2, 0) is 21.3 Å². The van der Waals surface area contributed by atoms with E-state index in [-0.39, 0.29) is 0 Å². The summed E-state index contributed by atoms with van der Waals surface area (Å²) < 4.78 is 16.7. The van der Waals surface area contributed by atoms with Crippen molar-refractivity contribution in [1.29, 1.82) is 0 Å². The van der Waals surface area contributed by atoms with Gasteiger partial charge in [-0.2, -0.15) is 0 Å². The monoisotopic (exact) mass is 256 g/mol. The lowest BCUT2D eigenvalue weighted by Crippen LogP contribution is -2.08. The Bertz CT molecular complexity index is 408. The van der Waals surface area contributed by atoms with E-state index in [9.17, 15) is 4.21 Å². The molecule has 1 atom stereocenters.